The number of hydrogen-bond acceptors (Lipinski definition) is 10. The molecule has 0 aliphatic rings. The van der Waals surface area contributed by atoms with Crippen molar-refractivity contribution in [2.75, 3.05) is 23.6 Å². The van der Waals surface area contributed by atoms with Crippen LogP contribution >= 0.6 is 0 Å². The van der Waals surface area contributed by atoms with Gasteiger partial charge in [0, 0.05) is 31.4 Å². The molecule has 45 heavy (non-hydrogen) atoms. The highest BCUT2D eigenvalue weighted by molar-refractivity contribution is 6.22. The third-order valence-electron chi connectivity index (χ3n) is 6.71. The summed E-state index contributed by atoms with van der Waals surface area (Å²) in [6.45, 7) is 4.91. The molecule has 14 nitrogen and oxygen atoms in total. The highest BCUT2D eigenvalue weighted by atomic mass is 16.7. The van der Waals surface area contributed by atoms with E-state index in [-0.39, 0.29) is 45.8 Å². The average molecular weight is 617 g/mol. The summed E-state index contributed by atoms with van der Waals surface area (Å²) in [6.07, 6.45) is 2.50. The molecule has 2 aromatic carbocycles. The Bertz CT molecular complexity index is 1730. The number of carbonyl (C=O) groups is 4. The van der Waals surface area contributed by atoms with Crippen LogP contribution in [0.2, 0.25) is 0 Å². The van der Waals surface area contributed by atoms with Crippen molar-refractivity contribution in [2.24, 2.45) is 7.05 Å². The summed E-state index contributed by atoms with van der Waals surface area (Å²) in [4.78, 5) is 52.8. The summed E-state index contributed by atoms with van der Waals surface area (Å²) in [5.74, 6) is -1.93. The number of aryl methyl sites for hydroxylation is 2. The van der Waals surface area contributed by atoms with Gasteiger partial charge in [-0.05, 0) is 67.8 Å². The van der Waals surface area contributed by atoms with Crippen LogP contribution in [-0.2, 0) is 16.5 Å². The van der Waals surface area contributed by atoms with Gasteiger partial charge in [-0.25, -0.2) is 14.5 Å². The van der Waals surface area contributed by atoms with E-state index in [4.69, 9.17) is 19.4 Å². The zero-order valence-electron chi connectivity index (χ0n) is 25.0. The molecule has 4 rings (SSSR count). The zero-order valence-corrected chi connectivity index (χ0v) is 25.0. The normalized spacial score (nSPS) is 10.6. The molecule has 0 radical (unpaired) electrons. The molecule has 0 aliphatic heterocycles. The maximum atomic E-state index is 13.6. The van der Waals surface area contributed by atoms with Gasteiger partial charge in [0.25, 0.3) is 11.8 Å². The predicted molar refractivity (Wildman–Crippen MR) is 163 cm³/mol. The summed E-state index contributed by atoms with van der Waals surface area (Å²) < 4.78 is 16.7. The van der Waals surface area contributed by atoms with E-state index in [1.54, 1.807) is 37.7 Å². The molecule has 3 amide bonds. The van der Waals surface area contributed by atoms with Gasteiger partial charge >= 0.3 is 12.1 Å². The predicted octanol–water partition coefficient (Wildman–Crippen LogP) is 4.51. The van der Waals surface area contributed by atoms with E-state index in [1.165, 1.54) is 48.7 Å². The molecule has 0 spiro atoms. The van der Waals surface area contributed by atoms with E-state index < -0.39 is 24.8 Å². The Labute approximate surface area is 258 Å². The van der Waals surface area contributed by atoms with Crippen LogP contribution in [0.5, 0.6) is 5.75 Å². The molecule has 0 unspecified atom stereocenters. The summed E-state index contributed by atoms with van der Waals surface area (Å²) in [5, 5.41) is 27.7. The third-order valence-corrected chi connectivity index (χ3v) is 6.71. The molecule has 2 heterocycles. The van der Waals surface area contributed by atoms with Crippen LogP contribution in [-0.4, -0.2) is 57.9 Å². The molecule has 234 valence electrons. The number of aromatic nitrogens is 2. The number of nitrogens with zero attached hydrogens (tertiary/aromatic N) is 3. The number of esters is 1. The lowest BCUT2D eigenvalue weighted by molar-refractivity contribution is 0.0000922. The molecular formula is C31H32N6O8. The van der Waals surface area contributed by atoms with E-state index in [1.807, 2.05) is 6.92 Å². The van der Waals surface area contributed by atoms with E-state index in [0.717, 1.165) is 11.3 Å². The Balaban J connectivity index is 1.67. The number of amides is 3. The molecule has 14 heteroatoms. The molecule has 0 fully saturated rings. The van der Waals surface area contributed by atoms with E-state index in [0.29, 0.717) is 23.2 Å². The first-order chi connectivity index (χ1) is 21.5. The number of phenols is 1. The summed E-state index contributed by atoms with van der Waals surface area (Å²) in [5.41, 5.74) is 1.86. The molecule has 0 bridgehead atoms. The standard InChI is InChI=1S/C31H32N6O8/c1-5-13-33-29(40)23-16-36(4)26(19(23)3)27(32)37(31(42)44-17-43-30(41)20-8-10-22(38)11-9-20)24-15-21(7-6-18(24)2)28(39)34-25-12-14-45-35-25/h6-12,14-16,32,38H,5,13,17H2,1-4H3,(H,33,40)(H,34,35,39). The van der Waals surface area contributed by atoms with E-state index >= 15 is 0 Å². The van der Waals surface area contributed by atoms with Gasteiger partial charge in [-0.3, -0.25) is 15.0 Å². The number of phenolic OH excluding ortho intramolecular Hbond substituents is 1. The second kappa shape index (κ2) is 14.0. The number of benzene rings is 2. The maximum absolute atomic E-state index is 13.6. The largest absolute Gasteiger partial charge is 0.508 e. The number of nitrogens with one attached hydrogen (secondary N) is 3. The SMILES string of the molecule is CCCNC(=O)c1cn(C)c(C(=N)N(C(=O)OCOC(=O)c2ccc(O)cc2)c2cc(C(=O)Nc3ccon3)ccc2C)c1C. The van der Waals surface area contributed by atoms with Gasteiger partial charge in [0.15, 0.2) is 11.7 Å². The number of ether oxygens (including phenoxy) is 2. The van der Waals surface area contributed by atoms with Crippen molar-refractivity contribution in [1.29, 1.82) is 5.41 Å². The van der Waals surface area contributed by atoms with Crippen LogP contribution in [0.25, 0.3) is 0 Å². The van der Waals surface area contributed by atoms with Gasteiger partial charge < -0.3 is 34.3 Å². The number of amidine groups is 1. The van der Waals surface area contributed by atoms with Crippen molar-refractivity contribution < 1.29 is 38.3 Å². The second-order valence-corrected chi connectivity index (χ2v) is 9.91. The summed E-state index contributed by atoms with van der Waals surface area (Å²) >= 11 is 0. The topological polar surface area (TPSA) is 189 Å². The second-order valence-electron chi connectivity index (χ2n) is 9.91. The maximum Gasteiger partial charge on any atom is 0.423 e. The minimum atomic E-state index is -1.09. The quantitative estimate of drug-likeness (QED) is 0.0860. The minimum Gasteiger partial charge on any atom is -0.508 e. The summed E-state index contributed by atoms with van der Waals surface area (Å²) in [6, 6.07) is 11.3. The Morgan fingerprint density at radius 3 is 2.40 bits per heavy atom. The molecule has 2 aromatic heterocycles. The smallest absolute Gasteiger partial charge is 0.423 e. The Kier molecular flexibility index (Phi) is 9.98. The fourth-order valence-corrected chi connectivity index (χ4v) is 4.41. The van der Waals surface area contributed by atoms with Crippen molar-refractivity contribution in [1.82, 2.24) is 15.0 Å². The Morgan fingerprint density at radius 2 is 1.73 bits per heavy atom. The average Bonchev–Trinajstić information content (AvgIpc) is 3.63. The molecule has 0 saturated carbocycles. The number of rotatable bonds is 10. The van der Waals surface area contributed by atoms with Crippen LogP contribution in [0.4, 0.5) is 16.3 Å². The Morgan fingerprint density at radius 1 is 1.02 bits per heavy atom. The van der Waals surface area contributed by atoms with Crippen LogP contribution in [0.15, 0.2) is 65.5 Å². The highest BCUT2D eigenvalue weighted by Crippen LogP contribution is 2.27. The van der Waals surface area contributed by atoms with Crippen LogP contribution < -0.4 is 15.5 Å². The summed E-state index contributed by atoms with van der Waals surface area (Å²) in [7, 11) is 1.63. The molecule has 4 N–H and O–H groups in total. The number of anilines is 2. The van der Waals surface area contributed by atoms with Crippen molar-refractivity contribution in [3.63, 3.8) is 0 Å². The van der Waals surface area contributed by atoms with Crippen molar-refractivity contribution in [3.05, 3.63) is 94.5 Å². The fraction of sp³-hybridized carbons (Fsp3) is 0.226. The van der Waals surface area contributed by atoms with Gasteiger partial charge in [0.2, 0.25) is 6.79 Å². The van der Waals surface area contributed by atoms with Crippen molar-refractivity contribution in [3.8, 4) is 5.75 Å². The first kappa shape index (κ1) is 32.0. The van der Waals surface area contributed by atoms with Gasteiger partial charge in [0.05, 0.1) is 22.5 Å². The van der Waals surface area contributed by atoms with E-state index in [9.17, 15) is 24.3 Å². The lowest BCUT2D eigenvalue weighted by atomic mass is 10.1. The third kappa shape index (κ3) is 7.36. The van der Waals surface area contributed by atoms with E-state index in [2.05, 4.69) is 15.8 Å². The highest BCUT2D eigenvalue weighted by Gasteiger charge is 2.30. The molecule has 0 saturated heterocycles. The van der Waals surface area contributed by atoms with Crippen molar-refractivity contribution >= 4 is 41.2 Å². The number of carbonyl (C=O) groups excluding carboxylic acids is 4. The monoisotopic (exact) mass is 616 g/mol. The van der Waals surface area contributed by atoms with Gasteiger partial charge in [-0.1, -0.05) is 18.1 Å². The lowest BCUT2D eigenvalue weighted by Crippen LogP contribution is -2.40. The molecule has 4 aromatic rings. The van der Waals surface area contributed by atoms with Crippen molar-refractivity contribution in [2.45, 2.75) is 27.2 Å². The molecular weight excluding hydrogens is 584 g/mol. The first-order valence-electron chi connectivity index (χ1n) is 13.8. The zero-order chi connectivity index (χ0) is 32.7. The molecule has 0 atom stereocenters. The van der Waals surface area contributed by atoms with Crippen LogP contribution in [0, 0.1) is 19.3 Å². The minimum absolute atomic E-state index is 0.0404. The lowest BCUT2D eigenvalue weighted by Gasteiger charge is -2.25. The van der Waals surface area contributed by atoms with Crippen LogP contribution in [0.1, 0.15) is 61.2 Å². The number of aromatic hydroxyl groups is 1. The van der Waals surface area contributed by atoms with Crippen LogP contribution in [0.3, 0.4) is 0 Å². The van der Waals surface area contributed by atoms with Gasteiger partial charge in [0.1, 0.15) is 12.0 Å². The first-order valence-corrected chi connectivity index (χ1v) is 13.8. The Hall–Kier alpha value is -5.92. The fourth-order valence-electron chi connectivity index (χ4n) is 4.41. The van der Waals surface area contributed by atoms with Gasteiger partial charge in [-0.15, -0.1) is 0 Å². The number of hydrogen-bond donors (Lipinski definition) is 4. The van der Waals surface area contributed by atoms with Gasteiger partial charge in [-0.2, -0.15) is 0 Å². The molecule has 0 aliphatic carbocycles.